The van der Waals surface area contributed by atoms with Crippen molar-refractivity contribution in [3.63, 3.8) is 0 Å². The summed E-state index contributed by atoms with van der Waals surface area (Å²) in [5.41, 5.74) is 7.34. The Morgan fingerprint density at radius 3 is 2.94 bits per heavy atom. The van der Waals surface area contributed by atoms with Gasteiger partial charge in [0, 0.05) is 11.3 Å². The number of aromatic nitrogens is 2. The molecule has 0 radical (unpaired) electrons. The molecule has 0 saturated heterocycles. The first-order chi connectivity index (χ1) is 8.15. The topological polar surface area (TPSA) is 75.7 Å². The molecule has 1 heterocycles. The second-order valence-corrected chi connectivity index (χ2v) is 5.89. The number of nitrogens with one attached hydrogen (secondary N) is 1. The van der Waals surface area contributed by atoms with Crippen molar-refractivity contribution in [2.75, 3.05) is 0 Å². The van der Waals surface area contributed by atoms with Crippen LogP contribution in [0.15, 0.2) is 28.6 Å². The van der Waals surface area contributed by atoms with Crippen molar-refractivity contribution in [1.29, 1.82) is 5.41 Å². The molecule has 0 aliphatic carbocycles. The summed E-state index contributed by atoms with van der Waals surface area (Å²) >= 11 is 3.24. The van der Waals surface area contributed by atoms with E-state index in [-0.39, 0.29) is 5.84 Å². The monoisotopic (exact) mass is 264 g/mol. The van der Waals surface area contributed by atoms with Gasteiger partial charge in [0.05, 0.1) is 0 Å². The van der Waals surface area contributed by atoms with Crippen molar-refractivity contribution in [2.24, 2.45) is 5.73 Å². The molecule has 0 bridgehead atoms. The lowest BCUT2D eigenvalue weighted by Crippen LogP contribution is -2.10. The minimum atomic E-state index is 0.101. The molecular weight excluding hydrogens is 252 g/mol. The summed E-state index contributed by atoms with van der Waals surface area (Å²) in [5, 5.41) is 16.4. The van der Waals surface area contributed by atoms with E-state index in [1.807, 2.05) is 31.2 Å². The van der Waals surface area contributed by atoms with Gasteiger partial charge in [-0.05, 0) is 18.6 Å². The quantitative estimate of drug-likeness (QED) is 0.505. The third-order valence-corrected chi connectivity index (χ3v) is 4.15. The lowest BCUT2D eigenvalue weighted by atomic mass is 10.1. The van der Waals surface area contributed by atoms with E-state index in [0.717, 1.165) is 26.2 Å². The zero-order valence-electron chi connectivity index (χ0n) is 9.30. The van der Waals surface area contributed by atoms with Crippen molar-refractivity contribution in [3.8, 4) is 0 Å². The van der Waals surface area contributed by atoms with Gasteiger partial charge in [-0.3, -0.25) is 5.41 Å². The smallest absolute Gasteiger partial charge is 0.174 e. The number of rotatable bonds is 4. The van der Waals surface area contributed by atoms with Gasteiger partial charge in [-0.15, -0.1) is 10.2 Å². The van der Waals surface area contributed by atoms with Crippen LogP contribution in [-0.4, -0.2) is 16.0 Å². The van der Waals surface area contributed by atoms with E-state index in [1.165, 1.54) is 0 Å². The van der Waals surface area contributed by atoms with Gasteiger partial charge in [0.2, 0.25) is 0 Å². The van der Waals surface area contributed by atoms with E-state index in [0.29, 0.717) is 0 Å². The van der Waals surface area contributed by atoms with Crippen LogP contribution in [0.2, 0.25) is 0 Å². The highest BCUT2D eigenvalue weighted by Crippen LogP contribution is 2.25. The Morgan fingerprint density at radius 1 is 1.47 bits per heavy atom. The van der Waals surface area contributed by atoms with Crippen LogP contribution in [0.4, 0.5) is 0 Å². The van der Waals surface area contributed by atoms with E-state index in [9.17, 15) is 0 Å². The van der Waals surface area contributed by atoms with Gasteiger partial charge in [0.25, 0.3) is 0 Å². The van der Waals surface area contributed by atoms with Crippen molar-refractivity contribution >= 4 is 28.9 Å². The Labute approximate surface area is 108 Å². The molecule has 0 aliphatic heterocycles. The van der Waals surface area contributed by atoms with Gasteiger partial charge in [0.1, 0.15) is 10.8 Å². The molecule has 0 saturated carbocycles. The lowest BCUT2D eigenvalue weighted by Gasteiger charge is -2.02. The Balaban J connectivity index is 2.04. The molecule has 3 N–H and O–H groups in total. The van der Waals surface area contributed by atoms with Crippen LogP contribution in [0.3, 0.4) is 0 Å². The van der Waals surface area contributed by atoms with E-state index in [1.54, 1.807) is 23.1 Å². The summed E-state index contributed by atoms with van der Waals surface area (Å²) in [6.45, 7) is 1.94. The zero-order valence-corrected chi connectivity index (χ0v) is 10.9. The molecular formula is C11H12N4S2. The van der Waals surface area contributed by atoms with Gasteiger partial charge >= 0.3 is 0 Å². The van der Waals surface area contributed by atoms with Gasteiger partial charge in [-0.1, -0.05) is 41.3 Å². The van der Waals surface area contributed by atoms with E-state index >= 15 is 0 Å². The second-order valence-electron chi connectivity index (χ2n) is 3.49. The summed E-state index contributed by atoms with van der Waals surface area (Å²) in [6.07, 6.45) is 0. The third-order valence-electron chi connectivity index (χ3n) is 2.11. The van der Waals surface area contributed by atoms with Crippen molar-refractivity contribution in [1.82, 2.24) is 10.2 Å². The summed E-state index contributed by atoms with van der Waals surface area (Å²) < 4.78 is 0.968. The number of nitrogens with two attached hydrogens (primary N) is 1. The molecule has 0 spiro atoms. The molecule has 0 aliphatic rings. The molecule has 6 heteroatoms. The van der Waals surface area contributed by atoms with Crippen LogP contribution in [0.1, 0.15) is 16.1 Å². The maximum Gasteiger partial charge on any atom is 0.174 e. The van der Waals surface area contributed by atoms with Crippen molar-refractivity contribution in [3.05, 3.63) is 40.4 Å². The molecule has 2 rings (SSSR count). The van der Waals surface area contributed by atoms with Gasteiger partial charge in [0.15, 0.2) is 4.34 Å². The van der Waals surface area contributed by atoms with Crippen molar-refractivity contribution in [2.45, 2.75) is 17.0 Å². The predicted octanol–water partition coefficient (Wildman–Crippen LogP) is 2.42. The Hall–Kier alpha value is -1.40. The van der Waals surface area contributed by atoms with Crippen LogP contribution in [-0.2, 0) is 5.75 Å². The molecule has 17 heavy (non-hydrogen) atoms. The average Bonchev–Trinajstić information content (AvgIpc) is 2.73. The fourth-order valence-corrected chi connectivity index (χ4v) is 3.07. The van der Waals surface area contributed by atoms with Gasteiger partial charge in [-0.2, -0.15) is 0 Å². The molecule has 0 amide bonds. The predicted molar refractivity (Wildman–Crippen MR) is 71.7 cm³/mol. The molecule has 1 aromatic heterocycles. The number of benzene rings is 1. The molecule has 0 atom stereocenters. The SMILES string of the molecule is Cc1nnc(SCc2cccc(C(=N)N)c2)s1. The van der Waals surface area contributed by atoms with Gasteiger partial charge < -0.3 is 5.73 Å². The number of amidine groups is 1. The molecule has 1 aromatic carbocycles. The first-order valence-corrected chi connectivity index (χ1v) is 6.81. The molecule has 0 fully saturated rings. The lowest BCUT2D eigenvalue weighted by molar-refractivity contribution is 0.983. The number of thioether (sulfide) groups is 1. The van der Waals surface area contributed by atoms with E-state index in [4.69, 9.17) is 11.1 Å². The zero-order chi connectivity index (χ0) is 12.3. The highest BCUT2D eigenvalue weighted by molar-refractivity contribution is 8.00. The Kier molecular flexibility index (Phi) is 3.75. The summed E-state index contributed by atoms with van der Waals surface area (Å²) in [6, 6.07) is 7.71. The van der Waals surface area contributed by atoms with Crippen LogP contribution in [0, 0.1) is 12.3 Å². The fourth-order valence-electron chi connectivity index (χ4n) is 1.31. The van der Waals surface area contributed by atoms with Crippen molar-refractivity contribution < 1.29 is 0 Å². The highest BCUT2D eigenvalue weighted by Gasteiger charge is 2.03. The standard InChI is InChI=1S/C11H12N4S2/c1-7-14-15-11(17-7)16-6-8-3-2-4-9(5-8)10(12)13/h2-5H,6H2,1H3,(H3,12,13). The average molecular weight is 264 g/mol. The van der Waals surface area contributed by atoms with Gasteiger partial charge in [-0.25, -0.2) is 0 Å². The number of nitrogen functional groups attached to an aromatic ring is 1. The maximum atomic E-state index is 7.38. The van der Waals surface area contributed by atoms with E-state index in [2.05, 4.69) is 10.2 Å². The van der Waals surface area contributed by atoms with Crippen LogP contribution >= 0.6 is 23.1 Å². The molecule has 2 aromatic rings. The summed E-state index contributed by atoms with van der Waals surface area (Å²) in [4.78, 5) is 0. The minimum Gasteiger partial charge on any atom is -0.384 e. The summed E-state index contributed by atoms with van der Waals surface area (Å²) in [5.74, 6) is 0.916. The Bertz CT molecular complexity index is 536. The number of hydrogen-bond donors (Lipinski definition) is 2. The maximum absolute atomic E-state index is 7.38. The minimum absolute atomic E-state index is 0.101. The first-order valence-electron chi connectivity index (χ1n) is 5.01. The van der Waals surface area contributed by atoms with Crippen LogP contribution in [0.25, 0.3) is 0 Å². The number of aryl methyl sites for hydroxylation is 1. The highest BCUT2D eigenvalue weighted by atomic mass is 32.2. The normalized spacial score (nSPS) is 10.4. The second kappa shape index (κ2) is 5.29. The number of nitrogens with zero attached hydrogens (tertiary/aromatic N) is 2. The Morgan fingerprint density at radius 2 is 2.29 bits per heavy atom. The number of hydrogen-bond acceptors (Lipinski definition) is 5. The third kappa shape index (κ3) is 3.28. The van der Waals surface area contributed by atoms with E-state index < -0.39 is 0 Å². The fraction of sp³-hybridized carbons (Fsp3) is 0.182. The largest absolute Gasteiger partial charge is 0.384 e. The summed E-state index contributed by atoms with van der Waals surface area (Å²) in [7, 11) is 0. The van der Waals surface area contributed by atoms with Crippen LogP contribution in [0.5, 0.6) is 0 Å². The molecule has 0 unspecified atom stereocenters. The molecule has 88 valence electrons. The first kappa shape index (κ1) is 12.1. The van der Waals surface area contributed by atoms with Crippen LogP contribution < -0.4 is 5.73 Å². The molecule has 4 nitrogen and oxygen atoms in total.